The van der Waals surface area contributed by atoms with Crippen LogP contribution >= 0.6 is 0 Å². The van der Waals surface area contributed by atoms with E-state index >= 15 is 0 Å². The van der Waals surface area contributed by atoms with Gasteiger partial charge in [-0.1, -0.05) is 0 Å². The van der Waals surface area contributed by atoms with E-state index in [1.165, 1.54) is 0 Å². The molecule has 2 saturated heterocycles. The zero-order valence-electron chi connectivity index (χ0n) is 8.42. The number of hydrogen-bond donors (Lipinski definition) is 2. The van der Waals surface area contributed by atoms with Crippen LogP contribution in [0.25, 0.3) is 0 Å². The summed E-state index contributed by atoms with van der Waals surface area (Å²) in [6.45, 7) is 3.34. The maximum absolute atomic E-state index is 11.6. The Labute approximate surface area is 84.4 Å². The van der Waals surface area contributed by atoms with Crippen LogP contribution in [-0.2, 0) is 9.53 Å². The largest absolute Gasteiger partial charge is 0.376 e. The second-order valence-corrected chi connectivity index (χ2v) is 4.07. The molecular formula is C10H18N2O2. The lowest BCUT2D eigenvalue weighted by Gasteiger charge is -2.13. The Bertz CT molecular complexity index is 196. The first-order valence-electron chi connectivity index (χ1n) is 5.46. The van der Waals surface area contributed by atoms with E-state index in [1.807, 2.05) is 0 Å². The molecule has 14 heavy (non-hydrogen) atoms. The van der Waals surface area contributed by atoms with Crippen molar-refractivity contribution in [1.82, 2.24) is 10.6 Å². The Kier molecular flexibility index (Phi) is 3.37. The van der Waals surface area contributed by atoms with Crippen molar-refractivity contribution in [1.29, 1.82) is 0 Å². The first-order chi connectivity index (χ1) is 6.86. The third kappa shape index (κ3) is 2.45. The molecule has 2 atom stereocenters. The molecule has 0 spiro atoms. The van der Waals surface area contributed by atoms with Crippen LogP contribution in [0, 0.1) is 5.92 Å². The second kappa shape index (κ2) is 4.75. The summed E-state index contributed by atoms with van der Waals surface area (Å²) in [4.78, 5) is 11.6. The highest BCUT2D eigenvalue weighted by Crippen LogP contribution is 2.11. The van der Waals surface area contributed by atoms with E-state index in [4.69, 9.17) is 4.74 Å². The number of rotatable bonds is 3. The van der Waals surface area contributed by atoms with Crippen molar-refractivity contribution >= 4 is 5.91 Å². The van der Waals surface area contributed by atoms with E-state index in [-0.39, 0.29) is 17.9 Å². The standard InChI is InChI=1S/C10H18N2O2/c13-10(8-3-4-11-6-8)12-7-9-2-1-5-14-9/h8-9,11H,1-7H2,(H,12,13)/t8-,9+/m0/s1. The van der Waals surface area contributed by atoms with Gasteiger partial charge in [-0.15, -0.1) is 0 Å². The highest BCUT2D eigenvalue weighted by Gasteiger charge is 2.23. The lowest BCUT2D eigenvalue weighted by Crippen LogP contribution is -2.36. The molecule has 2 rings (SSSR count). The van der Waals surface area contributed by atoms with Crippen molar-refractivity contribution in [2.45, 2.75) is 25.4 Å². The number of hydrogen-bond acceptors (Lipinski definition) is 3. The normalized spacial score (nSPS) is 32.0. The van der Waals surface area contributed by atoms with E-state index < -0.39 is 0 Å². The predicted molar refractivity (Wildman–Crippen MR) is 53.0 cm³/mol. The molecule has 2 heterocycles. The van der Waals surface area contributed by atoms with Gasteiger partial charge in [0.25, 0.3) is 0 Å². The molecule has 0 unspecified atom stereocenters. The zero-order chi connectivity index (χ0) is 9.80. The monoisotopic (exact) mass is 198 g/mol. The fraction of sp³-hybridized carbons (Fsp3) is 0.900. The molecule has 0 aromatic rings. The van der Waals surface area contributed by atoms with Crippen LogP contribution in [0.3, 0.4) is 0 Å². The van der Waals surface area contributed by atoms with Crippen LogP contribution < -0.4 is 10.6 Å². The molecule has 2 aliphatic heterocycles. The second-order valence-electron chi connectivity index (χ2n) is 4.07. The molecule has 0 radical (unpaired) electrons. The minimum atomic E-state index is 0.177. The van der Waals surface area contributed by atoms with Gasteiger partial charge >= 0.3 is 0 Å². The van der Waals surface area contributed by atoms with Gasteiger partial charge in [0.2, 0.25) is 5.91 Å². The molecule has 0 saturated carbocycles. The molecule has 1 amide bonds. The van der Waals surface area contributed by atoms with Gasteiger partial charge in [0.15, 0.2) is 0 Å². The van der Waals surface area contributed by atoms with E-state index in [2.05, 4.69) is 10.6 Å². The van der Waals surface area contributed by atoms with E-state index in [9.17, 15) is 4.79 Å². The smallest absolute Gasteiger partial charge is 0.224 e. The summed E-state index contributed by atoms with van der Waals surface area (Å²) in [5.74, 6) is 0.363. The summed E-state index contributed by atoms with van der Waals surface area (Å²) in [7, 11) is 0. The van der Waals surface area contributed by atoms with Gasteiger partial charge in [-0.2, -0.15) is 0 Å². The van der Waals surface area contributed by atoms with Crippen LogP contribution in [0.4, 0.5) is 0 Å². The van der Waals surface area contributed by atoms with Crippen molar-refractivity contribution in [3.05, 3.63) is 0 Å². The predicted octanol–water partition coefficient (Wildman–Crippen LogP) is -0.109. The third-order valence-corrected chi connectivity index (χ3v) is 2.96. The molecule has 4 heteroatoms. The molecule has 2 aliphatic rings. The molecular weight excluding hydrogens is 180 g/mol. The number of carbonyl (C=O) groups excluding carboxylic acids is 1. The first-order valence-corrected chi connectivity index (χ1v) is 5.46. The molecule has 0 aliphatic carbocycles. The average molecular weight is 198 g/mol. The topological polar surface area (TPSA) is 50.4 Å². The van der Waals surface area contributed by atoms with Crippen molar-refractivity contribution in [3.8, 4) is 0 Å². The van der Waals surface area contributed by atoms with Crippen LogP contribution in [0.1, 0.15) is 19.3 Å². The average Bonchev–Trinajstić information content (AvgIpc) is 2.87. The minimum Gasteiger partial charge on any atom is -0.376 e. The Morgan fingerprint density at radius 2 is 2.43 bits per heavy atom. The lowest BCUT2D eigenvalue weighted by atomic mass is 10.1. The summed E-state index contributed by atoms with van der Waals surface area (Å²) >= 11 is 0. The maximum Gasteiger partial charge on any atom is 0.224 e. The fourth-order valence-corrected chi connectivity index (χ4v) is 2.04. The zero-order valence-corrected chi connectivity index (χ0v) is 8.42. The Hall–Kier alpha value is -0.610. The maximum atomic E-state index is 11.6. The highest BCUT2D eigenvalue weighted by atomic mass is 16.5. The molecule has 0 aromatic carbocycles. The van der Waals surface area contributed by atoms with Crippen LogP contribution in [0.2, 0.25) is 0 Å². The molecule has 0 bridgehead atoms. The highest BCUT2D eigenvalue weighted by molar-refractivity contribution is 5.79. The molecule has 0 aromatic heterocycles. The molecule has 4 nitrogen and oxygen atoms in total. The van der Waals surface area contributed by atoms with Gasteiger partial charge in [-0.25, -0.2) is 0 Å². The summed E-state index contributed by atoms with van der Waals surface area (Å²) in [5, 5.41) is 6.15. The van der Waals surface area contributed by atoms with Crippen molar-refractivity contribution < 1.29 is 9.53 Å². The van der Waals surface area contributed by atoms with Crippen LogP contribution in [-0.4, -0.2) is 38.3 Å². The summed E-state index contributed by atoms with van der Waals surface area (Å²) in [6, 6.07) is 0. The lowest BCUT2D eigenvalue weighted by molar-refractivity contribution is -0.124. The van der Waals surface area contributed by atoms with Gasteiger partial charge in [0.1, 0.15) is 0 Å². The van der Waals surface area contributed by atoms with Crippen molar-refractivity contribution in [2.75, 3.05) is 26.2 Å². The van der Waals surface area contributed by atoms with E-state index in [0.717, 1.165) is 39.0 Å². The summed E-state index contributed by atoms with van der Waals surface area (Å²) in [5.41, 5.74) is 0. The molecule has 2 fully saturated rings. The van der Waals surface area contributed by atoms with Crippen LogP contribution in [0.5, 0.6) is 0 Å². The Balaban J connectivity index is 1.66. The minimum absolute atomic E-state index is 0.177. The Morgan fingerprint density at radius 3 is 3.07 bits per heavy atom. The fourth-order valence-electron chi connectivity index (χ4n) is 2.04. The number of ether oxygens (including phenoxy) is 1. The van der Waals surface area contributed by atoms with Crippen molar-refractivity contribution in [2.24, 2.45) is 5.92 Å². The summed E-state index contributed by atoms with van der Waals surface area (Å²) < 4.78 is 5.44. The van der Waals surface area contributed by atoms with Gasteiger partial charge in [-0.3, -0.25) is 4.79 Å². The Morgan fingerprint density at radius 1 is 1.50 bits per heavy atom. The first kappa shape index (κ1) is 9.93. The van der Waals surface area contributed by atoms with Crippen molar-refractivity contribution in [3.63, 3.8) is 0 Å². The quantitative estimate of drug-likeness (QED) is 0.665. The number of carbonyl (C=O) groups is 1. The molecule has 80 valence electrons. The van der Waals surface area contributed by atoms with Crippen LogP contribution in [0.15, 0.2) is 0 Å². The molecule has 2 N–H and O–H groups in total. The van der Waals surface area contributed by atoms with Gasteiger partial charge < -0.3 is 15.4 Å². The third-order valence-electron chi connectivity index (χ3n) is 2.96. The van der Waals surface area contributed by atoms with Gasteiger partial charge in [0, 0.05) is 19.7 Å². The van der Waals surface area contributed by atoms with Gasteiger partial charge in [-0.05, 0) is 25.8 Å². The van der Waals surface area contributed by atoms with E-state index in [1.54, 1.807) is 0 Å². The number of amides is 1. The number of nitrogens with one attached hydrogen (secondary N) is 2. The van der Waals surface area contributed by atoms with E-state index in [0.29, 0.717) is 6.54 Å². The summed E-state index contributed by atoms with van der Waals surface area (Å²) in [6.07, 6.45) is 3.44. The van der Waals surface area contributed by atoms with Gasteiger partial charge in [0.05, 0.1) is 12.0 Å². The SMILES string of the molecule is O=C(NC[C@H]1CCCO1)[C@H]1CCNC1.